The molecule has 6 heteroatoms. The Kier molecular flexibility index (Phi) is 2.92. The summed E-state index contributed by atoms with van der Waals surface area (Å²) in [7, 11) is -3.43. The van der Waals surface area contributed by atoms with Crippen LogP contribution < -0.4 is 0 Å². The van der Waals surface area contributed by atoms with Crippen LogP contribution in [0.1, 0.15) is 19.8 Å². The highest BCUT2D eigenvalue weighted by Crippen LogP contribution is 2.30. The lowest BCUT2D eigenvalue weighted by atomic mass is 10.5. The molecular weight excluding hydrogens is 196 g/mol. The molecule has 13 heavy (non-hydrogen) atoms. The quantitative estimate of drug-likeness (QED) is 0.482. The van der Waals surface area contributed by atoms with Crippen molar-refractivity contribution in [2.75, 3.05) is 6.26 Å². The highest BCUT2D eigenvalue weighted by molar-refractivity contribution is 7.86. The van der Waals surface area contributed by atoms with Gasteiger partial charge in [-0.3, -0.25) is 8.98 Å². The van der Waals surface area contributed by atoms with Gasteiger partial charge in [0, 0.05) is 12.8 Å². The van der Waals surface area contributed by atoms with Crippen molar-refractivity contribution < 1.29 is 22.1 Å². The molecule has 0 spiro atoms. The second-order valence-corrected chi connectivity index (χ2v) is 4.56. The van der Waals surface area contributed by atoms with Gasteiger partial charge in [0.15, 0.2) is 0 Å². The van der Waals surface area contributed by atoms with Crippen molar-refractivity contribution in [2.45, 2.75) is 32.0 Å². The van der Waals surface area contributed by atoms with E-state index in [4.69, 9.17) is 4.74 Å². The molecule has 0 N–H and O–H groups in total. The van der Waals surface area contributed by atoms with Gasteiger partial charge in [0.2, 0.25) is 0 Å². The van der Waals surface area contributed by atoms with Crippen LogP contribution in [0.25, 0.3) is 0 Å². The zero-order chi connectivity index (χ0) is 10.1. The summed E-state index contributed by atoms with van der Waals surface area (Å²) in [4.78, 5) is 10.7. The van der Waals surface area contributed by atoms with Crippen molar-refractivity contribution in [3.05, 3.63) is 0 Å². The molecular formula is C7H12O5S. The van der Waals surface area contributed by atoms with Crippen LogP contribution in [0.4, 0.5) is 0 Å². The minimum absolute atomic E-state index is 0.294. The third-order valence-corrected chi connectivity index (χ3v) is 2.14. The Labute approximate surface area is 77.1 Å². The van der Waals surface area contributed by atoms with Gasteiger partial charge in [0.1, 0.15) is 12.2 Å². The Balaban J connectivity index is 2.27. The smallest absolute Gasteiger partial charge is 0.305 e. The van der Waals surface area contributed by atoms with E-state index in [1.807, 2.05) is 0 Å². The van der Waals surface area contributed by atoms with E-state index < -0.39 is 16.2 Å². The first-order valence-electron chi connectivity index (χ1n) is 4.00. The molecule has 1 rings (SSSR count). The van der Waals surface area contributed by atoms with Crippen molar-refractivity contribution in [2.24, 2.45) is 0 Å². The van der Waals surface area contributed by atoms with E-state index in [0.717, 1.165) is 6.26 Å². The Hall–Kier alpha value is -0.620. The second-order valence-electron chi connectivity index (χ2n) is 2.96. The second kappa shape index (κ2) is 3.63. The highest BCUT2D eigenvalue weighted by Gasteiger charge is 2.44. The standard InChI is InChI=1S/C7H12O5S/c1-3-7(8)11-5-4-6(5)12-13(2,9)10/h5-6H,3-4H2,1-2H3. The van der Waals surface area contributed by atoms with E-state index in [1.165, 1.54) is 0 Å². The first-order valence-corrected chi connectivity index (χ1v) is 5.81. The fourth-order valence-corrected chi connectivity index (χ4v) is 1.50. The van der Waals surface area contributed by atoms with Crippen LogP contribution in [-0.2, 0) is 23.8 Å². The normalized spacial score (nSPS) is 26.9. The summed E-state index contributed by atoms with van der Waals surface area (Å²) < 4.78 is 30.7. The number of carbonyl (C=O) groups is 1. The van der Waals surface area contributed by atoms with Gasteiger partial charge in [0.05, 0.1) is 6.26 Å². The highest BCUT2D eigenvalue weighted by atomic mass is 32.2. The van der Waals surface area contributed by atoms with E-state index in [1.54, 1.807) is 6.92 Å². The molecule has 0 saturated heterocycles. The van der Waals surface area contributed by atoms with E-state index >= 15 is 0 Å². The number of rotatable bonds is 4. The lowest BCUT2D eigenvalue weighted by Crippen LogP contribution is -2.12. The summed E-state index contributed by atoms with van der Waals surface area (Å²) >= 11 is 0. The summed E-state index contributed by atoms with van der Waals surface area (Å²) in [5.41, 5.74) is 0. The molecule has 0 aliphatic heterocycles. The molecule has 1 saturated carbocycles. The number of carbonyl (C=O) groups excluding carboxylic acids is 1. The van der Waals surface area contributed by atoms with Gasteiger partial charge in [-0.15, -0.1) is 0 Å². The van der Waals surface area contributed by atoms with Gasteiger partial charge >= 0.3 is 5.97 Å². The predicted molar refractivity (Wildman–Crippen MR) is 44.5 cm³/mol. The molecule has 0 bridgehead atoms. The fourth-order valence-electron chi connectivity index (χ4n) is 0.852. The summed E-state index contributed by atoms with van der Waals surface area (Å²) in [6.45, 7) is 1.68. The topological polar surface area (TPSA) is 69.7 Å². The van der Waals surface area contributed by atoms with Crippen LogP contribution in [0.2, 0.25) is 0 Å². The Bertz CT molecular complexity index is 294. The number of esters is 1. The number of ether oxygens (including phenoxy) is 1. The molecule has 1 aliphatic rings. The maximum atomic E-state index is 10.7. The van der Waals surface area contributed by atoms with Gasteiger partial charge in [-0.05, 0) is 0 Å². The largest absolute Gasteiger partial charge is 0.459 e. The van der Waals surface area contributed by atoms with Crippen molar-refractivity contribution in [1.82, 2.24) is 0 Å². The molecule has 2 unspecified atom stereocenters. The maximum Gasteiger partial charge on any atom is 0.305 e. The lowest BCUT2D eigenvalue weighted by molar-refractivity contribution is -0.145. The minimum Gasteiger partial charge on any atom is -0.459 e. The van der Waals surface area contributed by atoms with Gasteiger partial charge < -0.3 is 4.74 Å². The summed E-state index contributed by atoms with van der Waals surface area (Å²) in [5.74, 6) is -0.329. The summed E-state index contributed by atoms with van der Waals surface area (Å²) in [5, 5.41) is 0. The molecule has 0 heterocycles. The third-order valence-electron chi connectivity index (χ3n) is 1.55. The van der Waals surface area contributed by atoms with Crippen molar-refractivity contribution in [1.29, 1.82) is 0 Å². The van der Waals surface area contributed by atoms with Gasteiger partial charge in [-0.25, -0.2) is 0 Å². The maximum absolute atomic E-state index is 10.7. The van der Waals surface area contributed by atoms with Gasteiger partial charge in [-0.1, -0.05) is 6.92 Å². The van der Waals surface area contributed by atoms with E-state index in [0.29, 0.717) is 12.8 Å². The van der Waals surface area contributed by atoms with E-state index in [-0.39, 0.29) is 12.1 Å². The van der Waals surface area contributed by atoms with Crippen molar-refractivity contribution >= 4 is 16.1 Å². The van der Waals surface area contributed by atoms with Crippen LogP contribution in [0.15, 0.2) is 0 Å². The van der Waals surface area contributed by atoms with Crippen LogP contribution in [-0.4, -0.2) is 32.9 Å². The van der Waals surface area contributed by atoms with Crippen LogP contribution in [0.5, 0.6) is 0 Å². The predicted octanol–water partition coefficient (Wildman–Crippen LogP) is 0.0567. The third kappa shape index (κ3) is 3.73. The lowest BCUT2D eigenvalue weighted by Gasteiger charge is -2.01. The van der Waals surface area contributed by atoms with Crippen molar-refractivity contribution in [3.8, 4) is 0 Å². The molecule has 5 nitrogen and oxygen atoms in total. The average Bonchev–Trinajstić information content (AvgIpc) is 2.64. The number of hydrogen-bond donors (Lipinski definition) is 0. The molecule has 2 atom stereocenters. The van der Waals surface area contributed by atoms with Gasteiger partial charge in [-0.2, -0.15) is 8.42 Å². The zero-order valence-electron chi connectivity index (χ0n) is 7.52. The fraction of sp³-hybridized carbons (Fsp3) is 0.857. The molecule has 0 aromatic rings. The molecule has 1 fully saturated rings. The Morgan fingerprint density at radius 1 is 1.46 bits per heavy atom. The molecule has 0 aromatic heterocycles. The number of hydrogen-bond acceptors (Lipinski definition) is 5. The molecule has 0 amide bonds. The van der Waals surface area contributed by atoms with Crippen LogP contribution in [0, 0.1) is 0 Å². The molecule has 0 aromatic carbocycles. The van der Waals surface area contributed by atoms with E-state index in [9.17, 15) is 13.2 Å². The molecule has 76 valence electrons. The first kappa shape index (κ1) is 10.5. The molecule has 0 radical (unpaired) electrons. The van der Waals surface area contributed by atoms with Crippen molar-refractivity contribution in [3.63, 3.8) is 0 Å². The Morgan fingerprint density at radius 3 is 2.54 bits per heavy atom. The van der Waals surface area contributed by atoms with Crippen LogP contribution >= 0.6 is 0 Å². The minimum atomic E-state index is -3.43. The first-order chi connectivity index (χ1) is 5.92. The summed E-state index contributed by atoms with van der Waals surface area (Å²) in [6, 6.07) is 0. The van der Waals surface area contributed by atoms with Crippen LogP contribution in [0.3, 0.4) is 0 Å². The summed E-state index contributed by atoms with van der Waals surface area (Å²) in [6.07, 6.45) is 0.901. The SMILES string of the molecule is CCC(=O)OC1CC1OS(C)(=O)=O. The Morgan fingerprint density at radius 2 is 2.08 bits per heavy atom. The molecule has 1 aliphatic carbocycles. The monoisotopic (exact) mass is 208 g/mol. The van der Waals surface area contributed by atoms with E-state index in [2.05, 4.69) is 4.18 Å². The zero-order valence-corrected chi connectivity index (χ0v) is 8.33. The van der Waals surface area contributed by atoms with Gasteiger partial charge in [0.25, 0.3) is 10.1 Å². The average molecular weight is 208 g/mol.